The number of aryl methyl sites for hydroxylation is 1. The van der Waals surface area contributed by atoms with Crippen molar-refractivity contribution < 1.29 is 9.15 Å². The summed E-state index contributed by atoms with van der Waals surface area (Å²) < 4.78 is 11.1. The molecule has 0 atom stereocenters. The van der Waals surface area contributed by atoms with Crippen LogP contribution in [0, 0.1) is 6.92 Å². The fourth-order valence-corrected chi connectivity index (χ4v) is 2.95. The molecule has 1 aromatic heterocycles. The minimum atomic E-state index is 0.477. The van der Waals surface area contributed by atoms with Crippen molar-refractivity contribution in [3.05, 3.63) is 59.7 Å². The van der Waals surface area contributed by atoms with Gasteiger partial charge in [0, 0.05) is 5.75 Å². The highest BCUT2D eigenvalue weighted by atomic mass is 32.2. The molecule has 0 saturated carbocycles. The van der Waals surface area contributed by atoms with Gasteiger partial charge in [-0.05, 0) is 30.2 Å². The first-order valence-electron chi connectivity index (χ1n) is 6.92. The lowest BCUT2D eigenvalue weighted by molar-refractivity contribution is 0.411. The third-order valence-electron chi connectivity index (χ3n) is 3.36. The highest BCUT2D eigenvalue weighted by Crippen LogP contribution is 2.31. The molecular formula is C17H16N2O2S. The Morgan fingerprint density at radius 2 is 1.82 bits per heavy atom. The van der Waals surface area contributed by atoms with Crippen LogP contribution in [0.25, 0.3) is 11.5 Å². The summed E-state index contributed by atoms with van der Waals surface area (Å²) in [6, 6.07) is 15.9. The summed E-state index contributed by atoms with van der Waals surface area (Å²) >= 11 is 1.54. The van der Waals surface area contributed by atoms with E-state index in [9.17, 15) is 0 Å². The Hall–Kier alpha value is -2.27. The van der Waals surface area contributed by atoms with Crippen molar-refractivity contribution in [2.75, 3.05) is 7.11 Å². The molecule has 0 amide bonds. The summed E-state index contributed by atoms with van der Waals surface area (Å²) in [5.41, 5.74) is 3.34. The Bertz CT molecular complexity index is 771. The van der Waals surface area contributed by atoms with Gasteiger partial charge in [-0.15, -0.1) is 10.2 Å². The largest absolute Gasteiger partial charge is 0.496 e. The molecule has 0 bridgehead atoms. The van der Waals surface area contributed by atoms with Gasteiger partial charge in [-0.25, -0.2) is 0 Å². The van der Waals surface area contributed by atoms with Gasteiger partial charge < -0.3 is 9.15 Å². The topological polar surface area (TPSA) is 48.2 Å². The number of hydrogen-bond acceptors (Lipinski definition) is 5. The first kappa shape index (κ1) is 14.7. The highest BCUT2D eigenvalue weighted by molar-refractivity contribution is 7.98. The Morgan fingerprint density at radius 3 is 2.64 bits per heavy atom. The van der Waals surface area contributed by atoms with E-state index >= 15 is 0 Å². The van der Waals surface area contributed by atoms with Crippen molar-refractivity contribution in [2.24, 2.45) is 0 Å². The summed E-state index contributed by atoms with van der Waals surface area (Å²) in [4.78, 5) is 0. The molecule has 4 nitrogen and oxygen atoms in total. The van der Waals surface area contributed by atoms with Crippen molar-refractivity contribution in [3.63, 3.8) is 0 Å². The summed E-state index contributed by atoms with van der Waals surface area (Å²) in [5, 5.41) is 8.78. The molecule has 0 aliphatic rings. The Kier molecular flexibility index (Phi) is 4.44. The number of nitrogens with zero attached hydrogens (tertiary/aromatic N) is 2. The molecule has 0 spiro atoms. The van der Waals surface area contributed by atoms with Gasteiger partial charge in [0.05, 0.1) is 12.7 Å². The summed E-state index contributed by atoms with van der Waals surface area (Å²) in [6.07, 6.45) is 0. The van der Waals surface area contributed by atoms with Crippen molar-refractivity contribution >= 4 is 11.8 Å². The normalized spacial score (nSPS) is 10.6. The maximum Gasteiger partial charge on any atom is 0.277 e. The van der Waals surface area contributed by atoms with E-state index < -0.39 is 0 Å². The second kappa shape index (κ2) is 6.66. The molecule has 2 aromatic carbocycles. The van der Waals surface area contributed by atoms with E-state index in [4.69, 9.17) is 9.15 Å². The van der Waals surface area contributed by atoms with Crippen molar-refractivity contribution in [1.29, 1.82) is 0 Å². The predicted molar refractivity (Wildman–Crippen MR) is 87.0 cm³/mol. The average molecular weight is 312 g/mol. The second-order valence-electron chi connectivity index (χ2n) is 4.79. The van der Waals surface area contributed by atoms with Crippen molar-refractivity contribution in [2.45, 2.75) is 17.9 Å². The molecule has 112 valence electrons. The van der Waals surface area contributed by atoms with Gasteiger partial charge in [0.25, 0.3) is 11.1 Å². The quantitative estimate of drug-likeness (QED) is 0.656. The third kappa shape index (κ3) is 3.14. The summed E-state index contributed by atoms with van der Waals surface area (Å²) in [6.45, 7) is 2.10. The minimum Gasteiger partial charge on any atom is -0.496 e. The molecule has 0 saturated heterocycles. The number of ether oxygens (including phenoxy) is 1. The van der Waals surface area contributed by atoms with Crippen molar-refractivity contribution in [3.8, 4) is 17.2 Å². The minimum absolute atomic E-state index is 0.477. The van der Waals surface area contributed by atoms with Gasteiger partial charge in [0.1, 0.15) is 5.75 Å². The predicted octanol–water partition coefficient (Wildman–Crippen LogP) is 4.35. The molecule has 0 aliphatic carbocycles. The molecule has 0 aliphatic heterocycles. The van der Waals surface area contributed by atoms with Crippen LogP contribution in [0.15, 0.2) is 58.2 Å². The highest BCUT2D eigenvalue weighted by Gasteiger charge is 2.13. The monoisotopic (exact) mass is 312 g/mol. The Balaban J connectivity index is 1.75. The SMILES string of the molecule is COc1ccccc1-c1nnc(SCc2ccccc2C)o1. The molecular weight excluding hydrogens is 296 g/mol. The van der Waals surface area contributed by atoms with Crippen LogP contribution in [-0.4, -0.2) is 17.3 Å². The van der Waals surface area contributed by atoms with Gasteiger partial charge >= 0.3 is 0 Å². The zero-order valence-electron chi connectivity index (χ0n) is 12.4. The number of para-hydroxylation sites is 1. The van der Waals surface area contributed by atoms with Crippen LogP contribution in [0.4, 0.5) is 0 Å². The van der Waals surface area contributed by atoms with E-state index in [1.807, 2.05) is 36.4 Å². The lowest BCUT2D eigenvalue weighted by Gasteiger charge is -2.03. The molecule has 0 N–H and O–H groups in total. The molecule has 1 heterocycles. The summed E-state index contributed by atoms with van der Waals surface area (Å²) in [7, 11) is 1.63. The molecule has 3 rings (SSSR count). The average Bonchev–Trinajstić information content (AvgIpc) is 3.03. The van der Waals surface area contributed by atoms with Crippen molar-refractivity contribution in [1.82, 2.24) is 10.2 Å². The molecule has 0 unspecified atom stereocenters. The van der Waals surface area contributed by atoms with Crippen LogP contribution < -0.4 is 4.74 Å². The van der Waals surface area contributed by atoms with Gasteiger partial charge in [0.15, 0.2) is 0 Å². The number of aromatic nitrogens is 2. The standard InChI is InChI=1S/C17H16N2O2S/c1-12-7-3-4-8-13(12)11-22-17-19-18-16(21-17)14-9-5-6-10-15(14)20-2/h3-10H,11H2,1-2H3. The van der Waals surface area contributed by atoms with Gasteiger partial charge in [0.2, 0.25) is 0 Å². The van der Waals surface area contributed by atoms with Crippen LogP contribution in [0.1, 0.15) is 11.1 Å². The maximum absolute atomic E-state index is 5.73. The van der Waals surface area contributed by atoms with Crippen LogP contribution in [-0.2, 0) is 5.75 Å². The third-order valence-corrected chi connectivity index (χ3v) is 4.22. The number of hydrogen-bond donors (Lipinski definition) is 0. The molecule has 3 aromatic rings. The van der Waals surface area contributed by atoms with Gasteiger partial charge in [-0.2, -0.15) is 0 Å². The van der Waals surface area contributed by atoms with E-state index in [1.54, 1.807) is 7.11 Å². The maximum atomic E-state index is 5.73. The van der Waals surface area contributed by atoms with Crippen LogP contribution in [0.2, 0.25) is 0 Å². The second-order valence-corrected chi connectivity index (χ2v) is 5.72. The van der Waals surface area contributed by atoms with E-state index in [1.165, 1.54) is 22.9 Å². The first-order chi connectivity index (χ1) is 10.8. The lowest BCUT2D eigenvalue weighted by atomic mass is 10.1. The van der Waals surface area contributed by atoms with Crippen LogP contribution in [0.5, 0.6) is 5.75 Å². The van der Waals surface area contributed by atoms with E-state index in [0.717, 1.165) is 17.1 Å². The van der Waals surface area contributed by atoms with Gasteiger partial charge in [-0.1, -0.05) is 48.2 Å². The van der Waals surface area contributed by atoms with E-state index in [2.05, 4.69) is 29.3 Å². The molecule has 5 heteroatoms. The zero-order chi connectivity index (χ0) is 15.4. The fraction of sp³-hybridized carbons (Fsp3) is 0.176. The fourth-order valence-electron chi connectivity index (χ4n) is 2.11. The first-order valence-corrected chi connectivity index (χ1v) is 7.90. The van der Waals surface area contributed by atoms with E-state index in [-0.39, 0.29) is 0 Å². The van der Waals surface area contributed by atoms with Gasteiger partial charge in [-0.3, -0.25) is 0 Å². The van der Waals surface area contributed by atoms with Crippen LogP contribution in [0.3, 0.4) is 0 Å². The number of thioether (sulfide) groups is 1. The van der Waals surface area contributed by atoms with Crippen LogP contribution >= 0.6 is 11.8 Å². The molecule has 22 heavy (non-hydrogen) atoms. The number of benzene rings is 2. The molecule has 0 fully saturated rings. The Labute approximate surface area is 133 Å². The summed E-state index contributed by atoms with van der Waals surface area (Å²) in [5.74, 6) is 2.01. The van der Waals surface area contributed by atoms with E-state index in [0.29, 0.717) is 11.1 Å². The number of methoxy groups -OCH3 is 1. The molecule has 0 radical (unpaired) electrons. The smallest absolute Gasteiger partial charge is 0.277 e. The zero-order valence-corrected chi connectivity index (χ0v) is 13.3. The number of rotatable bonds is 5. The Morgan fingerprint density at radius 1 is 1.05 bits per heavy atom. The lowest BCUT2D eigenvalue weighted by Crippen LogP contribution is -1.87.